The van der Waals surface area contributed by atoms with Gasteiger partial charge in [-0.15, -0.1) is 0 Å². The van der Waals surface area contributed by atoms with Crippen LogP contribution in [0.1, 0.15) is 42.5 Å². The smallest absolute Gasteiger partial charge is 0.354 e. The molecule has 0 spiro atoms. The molecule has 1 atom stereocenters. The van der Waals surface area contributed by atoms with Gasteiger partial charge < -0.3 is 10.2 Å². The Morgan fingerprint density at radius 1 is 0.927 bits per heavy atom. The summed E-state index contributed by atoms with van der Waals surface area (Å²) < 4.78 is 69.0. The maximum atomic E-state index is 13.9. The first-order chi connectivity index (χ1) is 19.2. The molecule has 0 radical (unpaired) electrons. The molecule has 0 heterocycles. The first-order valence-electron chi connectivity index (χ1n) is 13.1. The summed E-state index contributed by atoms with van der Waals surface area (Å²) in [6, 6.07) is 15.9. The summed E-state index contributed by atoms with van der Waals surface area (Å²) in [5.74, 6) is -1.18. The van der Waals surface area contributed by atoms with Gasteiger partial charge in [0.1, 0.15) is 12.6 Å². The number of aryl methyl sites for hydroxylation is 2. The highest BCUT2D eigenvalue weighted by Crippen LogP contribution is 2.33. The molecule has 2 amide bonds. The largest absolute Gasteiger partial charge is 0.416 e. The quantitative estimate of drug-likeness (QED) is 0.322. The number of sulfonamides is 1. The van der Waals surface area contributed by atoms with Crippen LogP contribution in [0.5, 0.6) is 0 Å². The number of hydrogen-bond acceptors (Lipinski definition) is 4. The molecule has 0 aromatic heterocycles. The number of hydrogen-bond donors (Lipinski definition) is 1. The van der Waals surface area contributed by atoms with E-state index in [1.54, 1.807) is 31.2 Å². The van der Waals surface area contributed by atoms with Crippen molar-refractivity contribution in [2.45, 2.75) is 57.8 Å². The van der Waals surface area contributed by atoms with Gasteiger partial charge in [-0.25, -0.2) is 8.42 Å². The van der Waals surface area contributed by atoms with E-state index in [9.17, 15) is 31.2 Å². The predicted molar refractivity (Wildman–Crippen MR) is 152 cm³/mol. The maximum Gasteiger partial charge on any atom is 0.416 e. The molecule has 3 aromatic rings. The molecule has 0 aliphatic heterocycles. The first-order valence-corrected chi connectivity index (χ1v) is 14.6. The number of anilines is 1. The zero-order valence-corrected chi connectivity index (χ0v) is 24.2. The van der Waals surface area contributed by atoms with E-state index in [1.165, 1.54) is 30.0 Å². The molecule has 0 aliphatic rings. The highest BCUT2D eigenvalue weighted by molar-refractivity contribution is 7.92. The van der Waals surface area contributed by atoms with Gasteiger partial charge in [-0.05, 0) is 63.1 Å². The fourth-order valence-electron chi connectivity index (χ4n) is 4.19. The number of alkyl halides is 3. The van der Waals surface area contributed by atoms with Gasteiger partial charge in [0.15, 0.2) is 0 Å². The summed E-state index contributed by atoms with van der Waals surface area (Å²) in [6.45, 7) is 6.59. The van der Waals surface area contributed by atoms with Crippen LogP contribution in [0.25, 0.3) is 0 Å². The number of rotatable bonds is 11. The second kappa shape index (κ2) is 13.2. The predicted octanol–water partition coefficient (Wildman–Crippen LogP) is 5.46. The Morgan fingerprint density at radius 3 is 2.20 bits per heavy atom. The van der Waals surface area contributed by atoms with Crippen LogP contribution < -0.4 is 9.62 Å². The molecule has 0 fully saturated rings. The van der Waals surface area contributed by atoms with E-state index in [4.69, 9.17) is 0 Å². The Morgan fingerprint density at radius 2 is 1.59 bits per heavy atom. The van der Waals surface area contributed by atoms with Crippen molar-refractivity contribution in [3.05, 3.63) is 95.1 Å². The van der Waals surface area contributed by atoms with E-state index in [1.807, 2.05) is 26.0 Å². The second-order valence-corrected chi connectivity index (χ2v) is 11.7. The third-order valence-corrected chi connectivity index (χ3v) is 8.29. The average Bonchev–Trinajstić information content (AvgIpc) is 2.92. The van der Waals surface area contributed by atoms with Crippen LogP contribution in [-0.4, -0.2) is 44.3 Å². The van der Waals surface area contributed by atoms with E-state index in [0.29, 0.717) is 28.9 Å². The zero-order valence-electron chi connectivity index (χ0n) is 23.4. The standard InChI is InChI=1S/C30H34F3N3O4S/c1-5-16-34-29(38)23(4)35(19-24-9-6-8-22(3)17-24)28(37)20-36(26-11-7-10-25(18-26)30(31,32)33)41(39,40)27-14-12-21(2)13-15-27/h6-15,17-18,23H,5,16,19-20H2,1-4H3,(H,34,38). The first kappa shape index (κ1) is 31.7. The van der Waals surface area contributed by atoms with Gasteiger partial charge in [0.25, 0.3) is 10.0 Å². The van der Waals surface area contributed by atoms with Gasteiger partial charge in [-0.2, -0.15) is 13.2 Å². The van der Waals surface area contributed by atoms with E-state index >= 15 is 0 Å². The normalized spacial score (nSPS) is 12.5. The summed E-state index contributed by atoms with van der Waals surface area (Å²) in [4.78, 5) is 27.8. The Bertz CT molecular complexity index is 1470. The van der Waals surface area contributed by atoms with E-state index in [-0.39, 0.29) is 17.1 Å². The fraction of sp³-hybridized carbons (Fsp3) is 0.333. The summed E-state index contributed by atoms with van der Waals surface area (Å²) in [5, 5.41) is 2.75. The number of benzene rings is 3. The van der Waals surface area contributed by atoms with Crippen molar-refractivity contribution >= 4 is 27.5 Å². The minimum atomic E-state index is -4.73. The van der Waals surface area contributed by atoms with Gasteiger partial charge >= 0.3 is 6.18 Å². The highest BCUT2D eigenvalue weighted by atomic mass is 32.2. The van der Waals surface area contributed by atoms with Crippen LogP contribution in [0.3, 0.4) is 0 Å². The third kappa shape index (κ3) is 8.09. The van der Waals surface area contributed by atoms with Gasteiger partial charge in [-0.3, -0.25) is 13.9 Å². The highest BCUT2D eigenvalue weighted by Gasteiger charge is 2.35. The van der Waals surface area contributed by atoms with Gasteiger partial charge in [-0.1, -0.05) is 60.5 Å². The lowest BCUT2D eigenvalue weighted by Gasteiger charge is -2.32. The molecule has 0 saturated carbocycles. The van der Waals surface area contributed by atoms with Crippen molar-refractivity contribution in [3.8, 4) is 0 Å². The van der Waals surface area contributed by atoms with Crippen LogP contribution in [-0.2, 0) is 32.3 Å². The van der Waals surface area contributed by atoms with Crippen LogP contribution in [0.2, 0.25) is 0 Å². The summed E-state index contributed by atoms with van der Waals surface area (Å²) in [7, 11) is -4.48. The topological polar surface area (TPSA) is 86.8 Å². The molecule has 0 aliphatic carbocycles. The van der Waals surface area contributed by atoms with Gasteiger partial charge in [0.2, 0.25) is 11.8 Å². The van der Waals surface area contributed by atoms with Crippen LogP contribution >= 0.6 is 0 Å². The van der Waals surface area contributed by atoms with Crippen molar-refractivity contribution in [2.24, 2.45) is 0 Å². The van der Waals surface area contributed by atoms with Gasteiger partial charge in [0.05, 0.1) is 16.1 Å². The van der Waals surface area contributed by atoms with Crippen LogP contribution in [0.4, 0.5) is 18.9 Å². The number of halogens is 3. The zero-order chi connectivity index (χ0) is 30.4. The molecular formula is C30H34F3N3O4S. The summed E-state index contributed by atoms with van der Waals surface area (Å²) >= 11 is 0. The van der Waals surface area contributed by atoms with Crippen molar-refractivity contribution in [1.29, 1.82) is 0 Å². The molecule has 0 bridgehead atoms. The van der Waals surface area contributed by atoms with E-state index in [2.05, 4.69) is 5.32 Å². The lowest BCUT2D eigenvalue weighted by Crippen LogP contribution is -2.51. The molecule has 3 aromatic carbocycles. The van der Waals surface area contributed by atoms with Crippen LogP contribution in [0, 0.1) is 13.8 Å². The lowest BCUT2D eigenvalue weighted by molar-refractivity contribution is -0.139. The number of carbonyl (C=O) groups is 2. The monoisotopic (exact) mass is 589 g/mol. The Balaban J connectivity index is 2.08. The molecule has 41 heavy (non-hydrogen) atoms. The Labute approximate surface area is 239 Å². The molecule has 220 valence electrons. The average molecular weight is 590 g/mol. The second-order valence-electron chi connectivity index (χ2n) is 9.85. The van der Waals surface area contributed by atoms with Crippen molar-refractivity contribution in [2.75, 3.05) is 17.4 Å². The number of nitrogens with zero attached hydrogens (tertiary/aromatic N) is 2. The third-order valence-electron chi connectivity index (χ3n) is 6.50. The van der Waals surface area contributed by atoms with Crippen molar-refractivity contribution in [1.82, 2.24) is 10.2 Å². The van der Waals surface area contributed by atoms with Gasteiger partial charge in [0, 0.05) is 13.1 Å². The number of nitrogens with one attached hydrogen (secondary N) is 1. The van der Waals surface area contributed by atoms with E-state index in [0.717, 1.165) is 23.3 Å². The Hall–Kier alpha value is -3.86. The molecule has 1 N–H and O–H groups in total. The molecule has 0 saturated heterocycles. The molecule has 1 unspecified atom stereocenters. The van der Waals surface area contributed by atoms with Crippen molar-refractivity contribution < 1.29 is 31.2 Å². The van der Waals surface area contributed by atoms with Crippen LogP contribution in [0.15, 0.2) is 77.7 Å². The SMILES string of the molecule is CCCNC(=O)C(C)N(Cc1cccc(C)c1)C(=O)CN(c1cccc(C(F)(F)F)c1)S(=O)(=O)c1ccc(C)cc1. The molecular weight excluding hydrogens is 555 g/mol. The summed E-state index contributed by atoms with van der Waals surface area (Å²) in [6.07, 6.45) is -4.06. The van der Waals surface area contributed by atoms with Crippen molar-refractivity contribution in [3.63, 3.8) is 0 Å². The van der Waals surface area contributed by atoms with E-state index < -0.39 is 46.2 Å². The minimum Gasteiger partial charge on any atom is -0.354 e. The molecule has 11 heteroatoms. The molecule has 7 nitrogen and oxygen atoms in total. The Kier molecular flexibility index (Phi) is 10.2. The maximum absolute atomic E-state index is 13.9. The molecule has 3 rings (SSSR count). The number of carbonyl (C=O) groups excluding carboxylic acids is 2. The fourth-order valence-corrected chi connectivity index (χ4v) is 5.60. The lowest BCUT2D eigenvalue weighted by atomic mass is 10.1. The minimum absolute atomic E-state index is 0.0117. The summed E-state index contributed by atoms with van der Waals surface area (Å²) in [5.41, 5.74) is 1.02. The number of amides is 2.